The normalized spacial score (nSPS) is 13.8. The van der Waals surface area contributed by atoms with Gasteiger partial charge < -0.3 is 10.1 Å². The van der Waals surface area contributed by atoms with E-state index in [1.54, 1.807) is 36.3 Å². The molecule has 0 aromatic carbocycles. The second-order valence-electron chi connectivity index (χ2n) is 6.65. The number of aromatic nitrogens is 5. The highest BCUT2D eigenvalue weighted by Gasteiger charge is 2.29. The van der Waals surface area contributed by atoms with Crippen LogP contribution in [0, 0.1) is 5.92 Å². The first-order chi connectivity index (χ1) is 13.6. The van der Waals surface area contributed by atoms with Crippen molar-refractivity contribution >= 4 is 39.7 Å². The topological polar surface area (TPSA) is 94.3 Å². The SMILES string of the molecule is COc1ccc2nc(-c3cnc(Cl)c4cnc(NC(=O)C5CC5)cc34)nn2c1. The third-order valence-corrected chi connectivity index (χ3v) is 5.00. The van der Waals surface area contributed by atoms with Gasteiger partial charge in [0.15, 0.2) is 11.5 Å². The highest BCUT2D eigenvalue weighted by Crippen LogP contribution is 2.33. The van der Waals surface area contributed by atoms with Crippen molar-refractivity contribution in [3.63, 3.8) is 0 Å². The predicted molar refractivity (Wildman–Crippen MR) is 104 cm³/mol. The molecule has 4 aromatic heterocycles. The third-order valence-electron chi connectivity index (χ3n) is 4.70. The zero-order valence-electron chi connectivity index (χ0n) is 14.9. The molecule has 1 amide bonds. The number of methoxy groups -OCH3 is 1. The van der Waals surface area contributed by atoms with Crippen LogP contribution in [0.15, 0.2) is 36.8 Å². The van der Waals surface area contributed by atoms with Gasteiger partial charge in [-0.1, -0.05) is 11.6 Å². The molecule has 0 bridgehead atoms. The molecule has 0 spiro atoms. The lowest BCUT2D eigenvalue weighted by molar-refractivity contribution is -0.117. The van der Waals surface area contributed by atoms with E-state index in [0.29, 0.717) is 39.1 Å². The number of carbonyl (C=O) groups excluding carboxylic acids is 1. The van der Waals surface area contributed by atoms with E-state index in [0.717, 1.165) is 18.2 Å². The van der Waals surface area contributed by atoms with Crippen LogP contribution in [0.1, 0.15) is 12.8 Å². The lowest BCUT2D eigenvalue weighted by atomic mass is 10.1. The number of anilines is 1. The number of hydrogen-bond donors (Lipinski definition) is 1. The number of amides is 1. The molecule has 0 aliphatic heterocycles. The number of halogens is 1. The van der Waals surface area contributed by atoms with Gasteiger partial charge in [-0.2, -0.15) is 0 Å². The summed E-state index contributed by atoms with van der Waals surface area (Å²) < 4.78 is 6.88. The summed E-state index contributed by atoms with van der Waals surface area (Å²) in [5.74, 6) is 1.73. The van der Waals surface area contributed by atoms with Gasteiger partial charge in [0.2, 0.25) is 5.91 Å². The molecule has 28 heavy (non-hydrogen) atoms. The number of carbonyl (C=O) groups is 1. The number of rotatable bonds is 4. The van der Waals surface area contributed by atoms with Gasteiger partial charge in [-0.3, -0.25) is 4.79 Å². The van der Waals surface area contributed by atoms with E-state index < -0.39 is 0 Å². The largest absolute Gasteiger partial charge is 0.495 e. The molecule has 0 unspecified atom stereocenters. The van der Waals surface area contributed by atoms with Crippen molar-refractivity contribution in [3.8, 4) is 17.1 Å². The highest BCUT2D eigenvalue weighted by molar-refractivity contribution is 6.34. The van der Waals surface area contributed by atoms with Crippen molar-refractivity contribution < 1.29 is 9.53 Å². The first-order valence-electron chi connectivity index (χ1n) is 8.78. The van der Waals surface area contributed by atoms with E-state index in [1.165, 1.54) is 0 Å². The summed E-state index contributed by atoms with van der Waals surface area (Å²) in [6, 6.07) is 5.43. The van der Waals surface area contributed by atoms with Gasteiger partial charge in [0.1, 0.15) is 16.7 Å². The van der Waals surface area contributed by atoms with Crippen molar-refractivity contribution in [2.45, 2.75) is 12.8 Å². The molecular formula is C19H15ClN6O2. The summed E-state index contributed by atoms with van der Waals surface area (Å²) in [4.78, 5) is 25.2. The van der Waals surface area contributed by atoms with Crippen LogP contribution >= 0.6 is 11.6 Å². The quantitative estimate of drug-likeness (QED) is 0.533. The fourth-order valence-electron chi connectivity index (χ4n) is 3.02. The Morgan fingerprint density at radius 2 is 2.11 bits per heavy atom. The summed E-state index contributed by atoms with van der Waals surface area (Å²) in [5.41, 5.74) is 1.38. The summed E-state index contributed by atoms with van der Waals surface area (Å²) in [6.07, 6.45) is 6.84. The van der Waals surface area contributed by atoms with E-state index in [1.807, 2.05) is 12.1 Å². The molecule has 1 aliphatic carbocycles. The Morgan fingerprint density at radius 1 is 1.25 bits per heavy atom. The molecule has 1 aliphatic rings. The van der Waals surface area contributed by atoms with Crippen LogP contribution in [0.25, 0.3) is 27.8 Å². The van der Waals surface area contributed by atoms with Gasteiger partial charge in [0.25, 0.3) is 0 Å². The Labute approximate surface area is 164 Å². The molecule has 8 nitrogen and oxygen atoms in total. The summed E-state index contributed by atoms with van der Waals surface area (Å²) in [5, 5.41) is 9.16. The van der Waals surface area contributed by atoms with Crippen molar-refractivity contribution in [1.29, 1.82) is 0 Å². The second-order valence-corrected chi connectivity index (χ2v) is 7.01. The van der Waals surface area contributed by atoms with Gasteiger partial charge in [-0.05, 0) is 31.0 Å². The van der Waals surface area contributed by atoms with E-state index in [4.69, 9.17) is 16.3 Å². The Kier molecular flexibility index (Phi) is 3.87. The molecule has 9 heteroatoms. The maximum Gasteiger partial charge on any atom is 0.228 e. The van der Waals surface area contributed by atoms with Crippen LogP contribution in [0.3, 0.4) is 0 Å². The first-order valence-corrected chi connectivity index (χ1v) is 9.16. The zero-order chi connectivity index (χ0) is 19.3. The van der Waals surface area contributed by atoms with E-state index in [2.05, 4.69) is 25.4 Å². The number of pyridine rings is 3. The van der Waals surface area contributed by atoms with Gasteiger partial charge in [0, 0.05) is 34.6 Å². The molecule has 0 atom stereocenters. The van der Waals surface area contributed by atoms with Crippen molar-refractivity contribution in [2.24, 2.45) is 5.92 Å². The lowest BCUT2D eigenvalue weighted by Gasteiger charge is -2.08. The minimum atomic E-state index is -0.00787. The minimum absolute atomic E-state index is 0.00787. The monoisotopic (exact) mass is 394 g/mol. The number of nitrogens with zero attached hydrogens (tertiary/aromatic N) is 5. The van der Waals surface area contributed by atoms with Crippen LogP contribution in [0.2, 0.25) is 5.15 Å². The standard InChI is InChI=1S/C19H15ClN6O2/c1-28-11-4-5-16-24-18(25-26(16)9-11)14-8-22-17(20)13-7-21-15(6-12(13)14)23-19(27)10-2-3-10/h4-10H,2-3H2,1H3,(H,21,23,27). The van der Waals surface area contributed by atoms with E-state index in [9.17, 15) is 4.79 Å². The highest BCUT2D eigenvalue weighted by atomic mass is 35.5. The molecule has 4 aromatic rings. The van der Waals surface area contributed by atoms with Crippen LogP contribution < -0.4 is 10.1 Å². The smallest absolute Gasteiger partial charge is 0.228 e. The number of hydrogen-bond acceptors (Lipinski definition) is 6. The summed E-state index contributed by atoms with van der Waals surface area (Å²) in [7, 11) is 1.60. The fraction of sp³-hybridized carbons (Fsp3) is 0.211. The van der Waals surface area contributed by atoms with Crippen molar-refractivity contribution in [2.75, 3.05) is 12.4 Å². The van der Waals surface area contributed by atoms with Crippen LogP contribution in [-0.4, -0.2) is 37.6 Å². The molecule has 0 saturated heterocycles. The molecule has 1 fully saturated rings. The summed E-state index contributed by atoms with van der Waals surface area (Å²) in [6.45, 7) is 0. The van der Waals surface area contributed by atoms with Gasteiger partial charge in [-0.25, -0.2) is 19.5 Å². The van der Waals surface area contributed by atoms with Gasteiger partial charge in [0.05, 0.1) is 13.3 Å². The Bertz CT molecular complexity index is 1230. The average Bonchev–Trinajstić information content (AvgIpc) is 3.47. The van der Waals surface area contributed by atoms with Crippen molar-refractivity contribution in [3.05, 3.63) is 41.9 Å². The van der Waals surface area contributed by atoms with E-state index in [-0.39, 0.29) is 11.8 Å². The Balaban J connectivity index is 1.63. The number of ether oxygens (including phenoxy) is 1. The van der Waals surface area contributed by atoms with E-state index >= 15 is 0 Å². The molecular weight excluding hydrogens is 380 g/mol. The Hall–Kier alpha value is -3.26. The molecule has 0 radical (unpaired) electrons. The maximum atomic E-state index is 12.1. The predicted octanol–water partition coefficient (Wildman–Crippen LogP) is 3.35. The maximum absolute atomic E-state index is 12.1. The molecule has 4 heterocycles. The fourth-order valence-corrected chi connectivity index (χ4v) is 3.22. The zero-order valence-corrected chi connectivity index (χ0v) is 15.6. The van der Waals surface area contributed by atoms with Crippen LogP contribution in [0.4, 0.5) is 5.82 Å². The van der Waals surface area contributed by atoms with Crippen LogP contribution in [-0.2, 0) is 4.79 Å². The van der Waals surface area contributed by atoms with Gasteiger partial charge >= 0.3 is 0 Å². The number of nitrogens with one attached hydrogen (secondary N) is 1. The molecule has 1 saturated carbocycles. The molecule has 1 N–H and O–H groups in total. The molecule has 5 rings (SSSR count). The van der Waals surface area contributed by atoms with Crippen LogP contribution in [0.5, 0.6) is 5.75 Å². The van der Waals surface area contributed by atoms with Crippen molar-refractivity contribution in [1.82, 2.24) is 24.6 Å². The molecule has 140 valence electrons. The van der Waals surface area contributed by atoms with Gasteiger partial charge in [-0.15, -0.1) is 5.10 Å². The second kappa shape index (κ2) is 6.42. The first kappa shape index (κ1) is 16.9. The minimum Gasteiger partial charge on any atom is -0.495 e. The third kappa shape index (κ3) is 2.91. The Morgan fingerprint density at radius 3 is 2.89 bits per heavy atom. The number of fused-ring (bicyclic) bond motifs is 2. The average molecular weight is 395 g/mol. The summed E-state index contributed by atoms with van der Waals surface area (Å²) >= 11 is 6.25. The lowest BCUT2D eigenvalue weighted by Crippen LogP contribution is -2.14.